The standard InChI is InChI=1S/C14H15NO4/c1-19-11-4-2-10(3-5-11)12-6-7-13(14(17)18)15(12)8-9-16/h2-7,16H,8-9H2,1H3,(H,17,18). The van der Waals surface area contributed by atoms with Crippen molar-refractivity contribution in [1.29, 1.82) is 0 Å². The summed E-state index contributed by atoms with van der Waals surface area (Å²) in [5.41, 5.74) is 1.80. The zero-order valence-corrected chi connectivity index (χ0v) is 10.5. The van der Waals surface area contributed by atoms with Gasteiger partial charge in [-0.05, 0) is 42.0 Å². The molecular weight excluding hydrogens is 246 g/mol. The van der Waals surface area contributed by atoms with Gasteiger partial charge in [-0.2, -0.15) is 0 Å². The summed E-state index contributed by atoms with van der Waals surface area (Å²) >= 11 is 0. The summed E-state index contributed by atoms with van der Waals surface area (Å²) in [6, 6.07) is 10.6. The molecule has 0 atom stereocenters. The summed E-state index contributed by atoms with van der Waals surface area (Å²) in [4.78, 5) is 11.1. The number of aliphatic hydroxyl groups excluding tert-OH is 1. The second-order valence-corrected chi connectivity index (χ2v) is 4.01. The van der Waals surface area contributed by atoms with Crippen LogP contribution in [0, 0.1) is 0 Å². The number of carboxylic acids is 1. The number of carbonyl (C=O) groups is 1. The maximum atomic E-state index is 11.1. The Kier molecular flexibility index (Phi) is 3.87. The van der Waals surface area contributed by atoms with E-state index >= 15 is 0 Å². The molecule has 0 saturated carbocycles. The minimum Gasteiger partial charge on any atom is -0.497 e. The number of hydrogen-bond acceptors (Lipinski definition) is 3. The van der Waals surface area contributed by atoms with Crippen molar-refractivity contribution in [3.8, 4) is 17.0 Å². The summed E-state index contributed by atoms with van der Waals surface area (Å²) < 4.78 is 6.67. The molecule has 5 heteroatoms. The van der Waals surface area contributed by atoms with Crippen LogP contribution in [-0.2, 0) is 6.54 Å². The van der Waals surface area contributed by atoms with Gasteiger partial charge in [0, 0.05) is 12.2 Å². The number of aromatic nitrogens is 1. The topological polar surface area (TPSA) is 71.7 Å². The summed E-state index contributed by atoms with van der Waals surface area (Å²) in [5, 5.41) is 18.2. The van der Waals surface area contributed by atoms with Gasteiger partial charge in [0.05, 0.1) is 13.7 Å². The highest BCUT2D eigenvalue weighted by Crippen LogP contribution is 2.25. The number of carboxylic acid groups (broad SMARTS) is 1. The normalized spacial score (nSPS) is 10.4. The van der Waals surface area contributed by atoms with E-state index in [0.717, 1.165) is 17.0 Å². The van der Waals surface area contributed by atoms with Gasteiger partial charge in [-0.25, -0.2) is 4.79 Å². The largest absolute Gasteiger partial charge is 0.497 e. The quantitative estimate of drug-likeness (QED) is 0.861. The first-order chi connectivity index (χ1) is 9.17. The molecule has 1 aromatic carbocycles. The van der Waals surface area contributed by atoms with Gasteiger partial charge in [-0.1, -0.05) is 0 Å². The maximum absolute atomic E-state index is 11.1. The first kappa shape index (κ1) is 13.2. The molecule has 1 aromatic heterocycles. The second-order valence-electron chi connectivity index (χ2n) is 4.01. The lowest BCUT2D eigenvalue weighted by molar-refractivity contribution is 0.0684. The fourth-order valence-corrected chi connectivity index (χ4v) is 2.01. The number of methoxy groups -OCH3 is 1. The molecule has 0 fully saturated rings. The highest BCUT2D eigenvalue weighted by molar-refractivity contribution is 5.87. The van der Waals surface area contributed by atoms with Gasteiger partial charge >= 0.3 is 5.97 Å². The van der Waals surface area contributed by atoms with Crippen LogP contribution in [0.5, 0.6) is 5.75 Å². The van der Waals surface area contributed by atoms with E-state index in [2.05, 4.69) is 0 Å². The predicted molar refractivity (Wildman–Crippen MR) is 70.5 cm³/mol. The van der Waals surface area contributed by atoms with Crippen LogP contribution in [0.2, 0.25) is 0 Å². The van der Waals surface area contributed by atoms with E-state index in [9.17, 15) is 4.79 Å². The molecule has 2 N–H and O–H groups in total. The third kappa shape index (κ3) is 2.61. The van der Waals surface area contributed by atoms with Crippen molar-refractivity contribution in [2.75, 3.05) is 13.7 Å². The van der Waals surface area contributed by atoms with E-state index in [1.807, 2.05) is 24.3 Å². The van der Waals surface area contributed by atoms with Crippen molar-refractivity contribution in [2.24, 2.45) is 0 Å². The Morgan fingerprint density at radius 2 is 1.89 bits per heavy atom. The van der Waals surface area contributed by atoms with E-state index < -0.39 is 5.97 Å². The lowest BCUT2D eigenvalue weighted by Crippen LogP contribution is -2.11. The smallest absolute Gasteiger partial charge is 0.352 e. The van der Waals surface area contributed by atoms with Crippen LogP contribution in [0.4, 0.5) is 0 Å². The van der Waals surface area contributed by atoms with Crippen molar-refractivity contribution < 1.29 is 19.7 Å². The monoisotopic (exact) mass is 261 g/mol. The van der Waals surface area contributed by atoms with Crippen molar-refractivity contribution in [2.45, 2.75) is 6.54 Å². The molecule has 5 nitrogen and oxygen atoms in total. The van der Waals surface area contributed by atoms with Crippen LogP contribution >= 0.6 is 0 Å². The molecule has 0 saturated heterocycles. The van der Waals surface area contributed by atoms with E-state index in [1.165, 1.54) is 6.07 Å². The second kappa shape index (κ2) is 5.58. The zero-order chi connectivity index (χ0) is 13.8. The van der Waals surface area contributed by atoms with E-state index in [0.29, 0.717) is 0 Å². The predicted octanol–water partition coefficient (Wildman–Crippen LogP) is 1.85. The Morgan fingerprint density at radius 1 is 1.21 bits per heavy atom. The van der Waals surface area contributed by atoms with Crippen LogP contribution in [0.1, 0.15) is 10.5 Å². The molecule has 100 valence electrons. The molecule has 0 aliphatic rings. The molecular formula is C14H15NO4. The van der Waals surface area contributed by atoms with Gasteiger partial charge in [0.25, 0.3) is 0 Å². The summed E-state index contributed by atoms with van der Waals surface area (Å²) in [7, 11) is 1.59. The van der Waals surface area contributed by atoms with E-state index in [-0.39, 0.29) is 18.8 Å². The number of rotatable bonds is 5. The van der Waals surface area contributed by atoms with Crippen molar-refractivity contribution >= 4 is 5.97 Å². The number of benzene rings is 1. The summed E-state index contributed by atoms with van der Waals surface area (Å²) in [6.07, 6.45) is 0. The van der Waals surface area contributed by atoms with Crippen molar-refractivity contribution in [3.63, 3.8) is 0 Å². The summed E-state index contributed by atoms with van der Waals surface area (Å²) in [6.45, 7) is 0.133. The van der Waals surface area contributed by atoms with Crippen LogP contribution in [-0.4, -0.2) is 34.5 Å². The molecule has 0 aliphatic heterocycles. The fourth-order valence-electron chi connectivity index (χ4n) is 2.01. The third-order valence-electron chi connectivity index (χ3n) is 2.91. The SMILES string of the molecule is COc1ccc(-c2ccc(C(=O)O)n2CCO)cc1. The molecule has 0 unspecified atom stereocenters. The number of aliphatic hydroxyl groups is 1. The van der Waals surface area contributed by atoms with Crippen molar-refractivity contribution in [3.05, 3.63) is 42.1 Å². The number of ether oxygens (including phenoxy) is 1. The fraction of sp³-hybridized carbons (Fsp3) is 0.214. The van der Waals surface area contributed by atoms with Crippen LogP contribution in [0.15, 0.2) is 36.4 Å². The Morgan fingerprint density at radius 3 is 2.42 bits per heavy atom. The van der Waals surface area contributed by atoms with Crippen molar-refractivity contribution in [1.82, 2.24) is 4.57 Å². The first-order valence-corrected chi connectivity index (χ1v) is 5.85. The molecule has 0 radical (unpaired) electrons. The van der Waals surface area contributed by atoms with Gasteiger partial charge in [-0.15, -0.1) is 0 Å². The Hall–Kier alpha value is -2.27. The first-order valence-electron chi connectivity index (χ1n) is 5.85. The minimum absolute atomic E-state index is 0.113. The molecule has 0 aliphatic carbocycles. The van der Waals surface area contributed by atoms with Gasteiger partial charge in [0.15, 0.2) is 0 Å². The highest BCUT2D eigenvalue weighted by Gasteiger charge is 2.14. The van der Waals surface area contributed by atoms with Gasteiger partial charge in [0.1, 0.15) is 11.4 Å². The average molecular weight is 261 g/mol. The van der Waals surface area contributed by atoms with Crippen LogP contribution < -0.4 is 4.74 Å². The van der Waals surface area contributed by atoms with Gasteiger partial charge < -0.3 is 19.5 Å². The molecule has 2 rings (SSSR count). The lowest BCUT2D eigenvalue weighted by Gasteiger charge is -2.10. The number of hydrogen-bond donors (Lipinski definition) is 2. The average Bonchev–Trinajstić information content (AvgIpc) is 2.83. The molecule has 1 heterocycles. The summed E-state index contributed by atoms with van der Waals surface area (Å²) in [5.74, 6) is -0.268. The Balaban J connectivity index is 2.45. The van der Waals surface area contributed by atoms with Gasteiger partial charge in [-0.3, -0.25) is 0 Å². The Labute approximate surface area is 110 Å². The molecule has 2 aromatic rings. The molecule has 0 spiro atoms. The number of aromatic carboxylic acids is 1. The molecule has 0 amide bonds. The van der Waals surface area contributed by atoms with Gasteiger partial charge in [0.2, 0.25) is 0 Å². The lowest BCUT2D eigenvalue weighted by atomic mass is 10.1. The third-order valence-corrected chi connectivity index (χ3v) is 2.91. The van der Waals surface area contributed by atoms with Crippen LogP contribution in [0.25, 0.3) is 11.3 Å². The minimum atomic E-state index is -1.01. The zero-order valence-electron chi connectivity index (χ0n) is 10.5. The van der Waals surface area contributed by atoms with E-state index in [1.54, 1.807) is 17.7 Å². The maximum Gasteiger partial charge on any atom is 0.352 e. The number of nitrogens with zero attached hydrogens (tertiary/aromatic N) is 1. The molecule has 19 heavy (non-hydrogen) atoms. The highest BCUT2D eigenvalue weighted by atomic mass is 16.5. The van der Waals surface area contributed by atoms with Crippen LogP contribution in [0.3, 0.4) is 0 Å². The van der Waals surface area contributed by atoms with E-state index in [4.69, 9.17) is 14.9 Å². The Bertz CT molecular complexity index is 572. The molecule has 0 bridgehead atoms.